The number of ether oxygens (including phenoxy) is 1. The first-order valence-corrected chi connectivity index (χ1v) is 5.07. The highest BCUT2D eigenvalue weighted by Gasteiger charge is 2.16. The van der Waals surface area contributed by atoms with Crippen LogP contribution in [0.2, 0.25) is 0 Å². The van der Waals surface area contributed by atoms with E-state index < -0.39 is 0 Å². The van der Waals surface area contributed by atoms with Crippen molar-refractivity contribution in [3.8, 4) is 6.07 Å². The lowest BCUT2D eigenvalue weighted by atomic mass is 10.1. The van der Waals surface area contributed by atoms with Gasteiger partial charge in [-0.05, 0) is 32.0 Å². The van der Waals surface area contributed by atoms with Crippen LogP contribution in [0.25, 0.3) is 0 Å². The van der Waals surface area contributed by atoms with Gasteiger partial charge in [0.2, 0.25) is 0 Å². The van der Waals surface area contributed by atoms with Crippen LogP contribution >= 0.6 is 0 Å². The summed E-state index contributed by atoms with van der Waals surface area (Å²) in [7, 11) is 1.66. The molecule has 0 unspecified atom stereocenters. The first-order valence-electron chi connectivity index (χ1n) is 5.07. The molecule has 86 valence electrons. The number of methoxy groups -OCH3 is 1. The highest BCUT2D eigenvalue weighted by molar-refractivity contribution is 5.63. The molecule has 0 aromatic heterocycles. The van der Waals surface area contributed by atoms with Gasteiger partial charge in [0.1, 0.15) is 6.07 Å². The molecule has 0 bridgehead atoms. The summed E-state index contributed by atoms with van der Waals surface area (Å²) in [6, 6.07) is 7.33. The summed E-state index contributed by atoms with van der Waals surface area (Å²) in [5.74, 6) is 0. The van der Waals surface area contributed by atoms with Crippen molar-refractivity contribution in [2.75, 3.05) is 24.7 Å². The maximum Gasteiger partial charge on any atom is 0.101 e. The van der Waals surface area contributed by atoms with Crippen LogP contribution in [0.4, 0.5) is 11.4 Å². The molecule has 4 heteroatoms. The van der Waals surface area contributed by atoms with Gasteiger partial charge >= 0.3 is 0 Å². The second kappa shape index (κ2) is 4.86. The van der Waals surface area contributed by atoms with E-state index in [1.807, 2.05) is 13.8 Å². The second-order valence-electron chi connectivity index (χ2n) is 4.23. The lowest BCUT2D eigenvalue weighted by molar-refractivity contribution is 0.0344. The molecule has 0 aliphatic carbocycles. The largest absolute Gasteiger partial charge is 0.399 e. The fourth-order valence-corrected chi connectivity index (χ4v) is 1.19. The van der Waals surface area contributed by atoms with Crippen LogP contribution in [-0.2, 0) is 4.74 Å². The van der Waals surface area contributed by atoms with Gasteiger partial charge in [-0.1, -0.05) is 0 Å². The molecule has 0 radical (unpaired) electrons. The number of benzene rings is 1. The maximum absolute atomic E-state index is 8.95. The minimum absolute atomic E-state index is 0.270. The van der Waals surface area contributed by atoms with Gasteiger partial charge in [0, 0.05) is 19.3 Å². The van der Waals surface area contributed by atoms with Gasteiger partial charge in [-0.25, -0.2) is 0 Å². The predicted molar refractivity (Wildman–Crippen MR) is 65.1 cm³/mol. The molecule has 1 aromatic rings. The predicted octanol–water partition coefficient (Wildman–Crippen LogP) is 1.98. The minimum atomic E-state index is -0.270. The molecular weight excluding hydrogens is 202 g/mol. The van der Waals surface area contributed by atoms with Crippen molar-refractivity contribution in [1.29, 1.82) is 5.26 Å². The highest BCUT2D eigenvalue weighted by atomic mass is 16.5. The van der Waals surface area contributed by atoms with Crippen LogP contribution < -0.4 is 11.1 Å². The quantitative estimate of drug-likeness (QED) is 0.759. The minimum Gasteiger partial charge on any atom is -0.399 e. The second-order valence-corrected chi connectivity index (χ2v) is 4.23. The number of nitrogens with zero attached hydrogens (tertiary/aromatic N) is 1. The Morgan fingerprint density at radius 2 is 2.19 bits per heavy atom. The van der Waals surface area contributed by atoms with Crippen molar-refractivity contribution in [3.63, 3.8) is 0 Å². The molecule has 0 saturated heterocycles. The van der Waals surface area contributed by atoms with Crippen molar-refractivity contribution >= 4 is 11.4 Å². The molecular formula is C12H17N3O. The fraction of sp³-hybridized carbons (Fsp3) is 0.417. The average molecular weight is 219 g/mol. The third-order valence-corrected chi connectivity index (χ3v) is 2.42. The van der Waals surface area contributed by atoms with Crippen LogP contribution in [0, 0.1) is 11.3 Å². The van der Waals surface area contributed by atoms with E-state index in [2.05, 4.69) is 11.4 Å². The number of hydrogen-bond acceptors (Lipinski definition) is 4. The highest BCUT2D eigenvalue weighted by Crippen LogP contribution is 2.19. The number of anilines is 2. The van der Waals surface area contributed by atoms with E-state index >= 15 is 0 Å². The zero-order valence-electron chi connectivity index (χ0n) is 9.87. The van der Waals surface area contributed by atoms with Gasteiger partial charge in [-0.15, -0.1) is 0 Å². The van der Waals surface area contributed by atoms with Crippen molar-refractivity contribution in [1.82, 2.24) is 0 Å². The zero-order chi connectivity index (χ0) is 12.2. The smallest absolute Gasteiger partial charge is 0.101 e. The number of nitrogen functional groups attached to an aromatic ring is 1. The lowest BCUT2D eigenvalue weighted by Gasteiger charge is -2.24. The number of rotatable bonds is 4. The SMILES string of the molecule is COC(C)(C)CNc1ccc(N)cc1C#N. The number of nitrogens with two attached hydrogens (primary N) is 1. The average Bonchev–Trinajstić information content (AvgIpc) is 2.27. The molecule has 1 aromatic carbocycles. The van der Waals surface area contributed by atoms with Crippen LogP contribution in [0.15, 0.2) is 18.2 Å². The van der Waals surface area contributed by atoms with Crippen molar-refractivity contribution in [2.45, 2.75) is 19.4 Å². The molecule has 0 fully saturated rings. The van der Waals surface area contributed by atoms with Gasteiger partial charge < -0.3 is 15.8 Å². The normalized spacial score (nSPS) is 10.9. The molecule has 0 atom stereocenters. The fourth-order valence-electron chi connectivity index (χ4n) is 1.19. The Hall–Kier alpha value is -1.73. The zero-order valence-corrected chi connectivity index (χ0v) is 9.87. The summed E-state index contributed by atoms with van der Waals surface area (Å²) in [4.78, 5) is 0. The molecule has 3 N–H and O–H groups in total. The molecule has 0 spiro atoms. The van der Waals surface area contributed by atoms with Crippen molar-refractivity contribution in [2.24, 2.45) is 0 Å². The summed E-state index contributed by atoms with van der Waals surface area (Å²) in [5, 5.41) is 12.1. The van der Waals surface area contributed by atoms with Crippen molar-refractivity contribution in [3.05, 3.63) is 23.8 Å². The molecule has 0 aliphatic heterocycles. The Labute approximate surface area is 96.0 Å². The van der Waals surface area contributed by atoms with Crippen molar-refractivity contribution < 1.29 is 4.74 Å². The molecule has 0 saturated carbocycles. The monoisotopic (exact) mass is 219 g/mol. The topological polar surface area (TPSA) is 71.1 Å². The Bertz CT molecular complexity index is 407. The van der Waals surface area contributed by atoms with Crippen LogP contribution in [0.3, 0.4) is 0 Å². The van der Waals surface area contributed by atoms with E-state index in [0.29, 0.717) is 17.8 Å². The van der Waals surface area contributed by atoms with Crippen LogP contribution in [0.5, 0.6) is 0 Å². The molecule has 16 heavy (non-hydrogen) atoms. The third kappa shape index (κ3) is 3.14. The van der Waals surface area contributed by atoms with Crippen LogP contribution in [0.1, 0.15) is 19.4 Å². The molecule has 0 aliphatic rings. The molecule has 1 rings (SSSR count). The summed E-state index contributed by atoms with van der Waals surface area (Å²) in [6.07, 6.45) is 0. The van der Waals surface area contributed by atoms with E-state index in [-0.39, 0.29) is 5.60 Å². The maximum atomic E-state index is 8.95. The van der Waals surface area contributed by atoms with E-state index in [4.69, 9.17) is 15.7 Å². The number of nitrogens with one attached hydrogen (secondary N) is 1. The Balaban J connectivity index is 2.79. The van der Waals surface area contributed by atoms with Gasteiger partial charge in [0.15, 0.2) is 0 Å². The van der Waals surface area contributed by atoms with Gasteiger partial charge in [0.25, 0.3) is 0 Å². The van der Waals surface area contributed by atoms with Gasteiger partial charge in [0.05, 0.1) is 16.9 Å². The number of nitriles is 1. The Kier molecular flexibility index (Phi) is 3.75. The molecule has 4 nitrogen and oxygen atoms in total. The van der Waals surface area contributed by atoms with E-state index in [9.17, 15) is 0 Å². The summed E-state index contributed by atoms with van der Waals surface area (Å²) in [6.45, 7) is 4.58. The van der Waals surface area contributed by atoms with Crippen LogP contribution in [-0.4, -0.2) is 19.3 Å². The first-order chi connectivity index (χ1) is 7.48. The lowest BCUT2D eigenvalue weighted by Crippen LogP contribution is -2.32. The molecule has 0 heterocycles. The standard InChI is InChI=1S/C12H17N3O/c1-12(2,16-3)8-15-11-5-4-10(14)6-9(11)7-13/h4-6,15H,8,14H2,1-3H3. The molecule has 0 amide bonds. The summed E-state index contributed by atoms with van der Waals surface area (Å²) in [5.41, 5.74) is 7.26. The summed E-state index contributed by atoms with van der Waals surface area (Å²) >= 11 is 0. The van der Waals surface area contributed by atoms with Gasteiger partial charge in [-0.2, -0.15) is 5.26 Å². The first kappa shape index (κ1) is 12.3. The number of hydrogen-bond donors (Lipinski definition) is 2. The third-order valence-electron chi connectivity index (χ3n) is 2.42. The Morgan fingerprint density at radius 3 is 2.75 bits per heavy atom. The Morgan fingerprint density at radius 1 is 1.50 bits per heavy atom. The summed E-state index contributed by atoms with van der Waals surface area (Å²) < 4.78 is 5.29. The van der Waals surface area contributed by atoms with E-state index in [0.717, 1.165) is 5.69 Å². The van der Waals surface area contributed by atoms with E-state index in [1.165, 1.54) is 0 Å². The van der Waals surface area contributed by atoms with E-state index in [1.54, 1.807) is 25.3 Å². The van der Waals surface area contributed by atoms with Gasteiger partial charge in [-0.3, -0.25) is 0 Å².